The summed E-state index contributed by atoms with van der Waals surface area (Å²) in [4.78, 5) is 28.6. The lowest BCUT2D eigenvalue weighted by atomic mass is 10.1. The van der Waals surface area contributed by atoms with E-state index in [9.17, 15) is 27.9 Å². The minimum Gasteiger partial charge on any atom is -0.508 e. The van der Waals surface area contributed by atoms with E-state index in [1.54, 1.807) is 28.9 Å². The fraction of sp³-hybridized carbons (Fsp3) is 0.364. The first-order valence-electron chi connectivity index (χ1n) is 9.86. The maximum absolute atomic E-state index is 12.7. The lowest BCUT2D eigenvalue weighted by Gasteiger charge is -2.25. The van der Waals surface area contributed by atoms with Crippen molar-refractivity contribution < 1.29 is 32.6 Å². The summed E-state index contributed by atoms with van der Waals surface area (Å²) in [6, 6.07) is 10.2. The monoisotopic (exact) mass is 436 g/mol. The zero-order chi connectivity index (χ0) is 22.6. The Morgan fingerprint density at radius 3 is 2.13 bits per heavy atom. The van der Waals surface area contributed by atoms with E-state index in [1.165, 1.54) is 24.3 Å². The molecule has 1 aliphatic heterocycles. The molecule has 1 N–H and O–H groups in total. The number of halogens is 3. The summed E-state index contributed by atoms with van der Waals surface area (Å²) in [7, 11) is 0. The third kappa shape index (κ3) is 5.68. The summed E-state index contributed by atoms with van der Waals surface area (Å²) in [5, 5.41) is 9.32. The Bertz CT molecular complexity index is 914. The molecule has 6 nitrogen and oxygen atoms in total. The van der Waals surface area contributed by atoms with E-state index in [4.69, 9.17) is 4.74 Å². The van der Waals surface area contributed by atoms with Gasteiger partial charge in [-0.25, -0.2) is 0 Å². The molecule has 1 heterocycles. The summed E-state index contributed by atoms with van der Waals surface area (Å²) in [6.45, 7) is 3.05. The molecule has 1 atom stereocenters. The highest BCUT2D eigenvalue weighted by molar-refractivity contribution is 5.94. The minimum atomic E-state index is -4.45. The van der Waals surface area contributed by atoms with Gasteiger partial charge in [0.15, 0.2) is 6.10 Å². The molecule has 166 valence electrons. The van der Waals surface area contributed by atoms with Crippen molar-refractivity contribution in [1.29, 1.82) is 0 Å². The Hall–Kier alpha value is -3.23. The van der Waals surface area contributed by atoms with Gasteiger partial charge in [-0.05, 0) is 61.9 Å². The fourth-order valence-corrected chi connectivity index (χ4v) is 3.36. The van der Waals surface area contributed by atoms with Gasteiger partial charge < -0.3 is 19.6 Å². The smallest absolute Gasteiger partial charge is 0.416 e. The number of nitrogens with zero attached hydrogens (tertiary/aromatic N) is 2. The Labute approximate surface area is 177 Å². The summed E-state index contributed by atoms with van der Waals surface area (Å²) < 4.78 is 43.8. The maximum atomic E-state index is 12.7. The molecule has 2 aromatic rings. The molecule has 0 radical (unpaired) electrons. The average Bonchev–Trinajstić information content (AvgIpc) is 3.00. The molecule has 0 bridgehead atoms. The fourth-order valence-electron chi connectivity index (χ4n) is 3.36. The molecule has 2 aromatic carbocycles. The number of carbonyl (C=O) groups excluding carboxylic acids is 2. The molecule has 1 fully saturated rings. The van der Waals surface area contributed by atoms with Crippen LogP contribution in [0.25, 0.3) is 0 Å². The molecule has 3 rings (SSSR count). The van der Waals surface area contributed by atoms with Crippen LogP contribution < -0.4 is 4.74 Å². The number of benzene rings is 2. The van der Waals surface area contributed by atoms with E-state index in [1.807, 2.05) is 0 Å². The molecule has 0 aliphatic carbocycles. The molecule has 1 saturated heterocycles. The molecule has 31 heavy (non-hydrogen) atoms. The van der Waals surface area contributed by atoms with E-state index >= 15 is 0 Å². The van der Waals surface area contributed by atoms with E-state index in [-0.39, 0.29) is 29.7 Å². The van der Waals surface area contributed by atoms with E-state index < -0.39 is 17.8 Å². The number of amides is 2. The van der Waals surface area contributed by atoms with Gasteiger partial charge in [0, 0.05) is 31.7 Å². The first-order valence-corrected chi connectivity index (χ1v) is 9.86. The van der Waals surface area contributed by atoms with Gasteiger partial charge in [0.2, 0.25) is 0 Å². The number of rotatable bonds is 4. The third-order valence-electron chi connectivity index (χ3n) is 5.05. The quantitative estimate of drug-likeness (QED) is 0.796. The number of ether oxygens (including phenoxy) is 1. The topological polar surface area (TPSA) is 70.1 Å². The lowest BCUT2D eigenvalue weighted by Crippen LogP contribution is -2.43. The van der Waals surface area contributed by atoms with Crippen molar-refractivity contribution in [2.24, 2.45) is 0 Å². The number of alkyl halides is 3. The summed E-state index contributed by atoms with van der Waals surface area (Å²) in [6.07, 6.45) is -4.66. The zero-order valence-electron chi connectivity index (χ0n) is 16.9. The highest BCUT2D eigenvalue weighted by atomic mass is 19.4. The third-order valence-corrected chi connectivity index (χ3v) is 5.05. The van der Waals surface area contributed by atoms with Crippen molar-refractivity contribution in [1.82, 2.24) is 9.80 Å². The molecule has 2 amide bonds. The molecule has 0 spiro atoms. The summed E-state index contributed by atoms with van der Waals surface area (Å²) in [5.74, 6) is -0.0439. The van der Waals surface area contributed by atoms with Crippen molar-refractivity contribution in [2.45, 2.75) is 25.6 Å². The Morgan fingerprint density at radius 2 is 1.52 bits per heavy atom. The number of phenols is 1. The zero-order valence-corrected chi connectivity index (χ0v) is 16.9. The Balaban J connectivity index is 1.58. The first kappa shape index (κ1) is 22.5. The van der Waals surface area contributed by atoms with Crippen LogP contribution >= 0.6 is 0 Å². The van der Waals surface area contributed by atoms with Crippen LogP contribution in [0, 0.1) is 0 Å². The van der Waals surface area contributed by atoms with Gasteiger partial charge >= 0.3 is 6.18 Å². The highest BCUT2D eigenvalue weighted by Crippen LogP contribution is 2.29. The maximum Gasteiger partial charge on any atom is 0.416 e. The predicted molar refractivity (Wildman–Crippen MR) is 107 cm³/mol. The van der Waals surface area contributed by atoms with Crippen LogP contribution in [0.5, 0.6) is 11.5 Å². The normalized spacial score (nSPS) is 15.9. The van der Waals surface area contributed by atoms with Gasteiger partial charge in [0.05, 0.1) is 5.56 Å². The second kappa shape index (κ2) is 9.28. The summed E-state index contributed by atoms with van der Waals surface area (Å²) in [5.41, 5.74) is -0.629. The van der Waals surface area contributed by atoms with Crippen molar-refractivity contribution in [3.05, 3.63) is 59.7 Å². The number of phenolic OH excluding ortho intramolecular Hbond substituents is 1. The van der Waals surface area contributed by atoms with Gasteiger partial charge in [-0.3, -0.25) is 9.59 Å². The SMILES string of the molecule is CC(Oc1ccc(O)cc1)C(=O)N1CCCN(C(=O)c2ccc(C(F)(F)F)cc2)CC1. The molecule has 1 aliphatic rings. The van der Waals surface area contributed by atoms with Crippen LogP contribution in [0.3, 0.4) is 0 Å². The van der Waals surface area contributed by atoms with E-state index in [0.29, 0.717) is 31.8 Å². The van der Waals surface area contributed by atoms with Gasteiger partial charge in [-0.1, -0.05) is 0 Å². The number of aromatic hydroxyl groups is 1. The van der Waals surface area contributed by atoms with Crippen LogP contribution in [0.15, 0.2) is 48.5 Å². The molecular formula is C22H23F3N2O4. The molecule has 1 unspecified atom stereocenters. The Morgan fingerprint density at radius 1 is 0.935 bits per heavy atom. The van der Waals surface area contributed by atoms with Gasteiger partial charge in [0.25, 0.3) is 11.8 Å². The Kier molecular flexibility index (Phi) is 6.72. The van der Waals surface area contributed by atoms with Crippen LogP contribution in [0.1, 0.15) is 29.3 Å². The highest BCUT2D eigenvalue weighted by Gasteiger charge is 2.31. The van der Waals surface area contributed by atoms with Crippen LogP contribution in [0.2, 0.25) is 0 Å². The van der Waals surface area contributed by atoms with Gasteiger partial charge in [-0.2, -0.15) is 13.2 Å². The number of hydrogen-bond acceptors (Lipinski definition) is 4. The van der Waals surface area contributed by atoms with E-state index in [0.717, 1.165) is 12.1 Å². The first-order chi connectivity index (χ1) is 14.6. The van der Waals surface area contributed by atoms with Crippen molar-refractivity contribution in [3.8, 4) is 11.5 Å². The molecule has 0 aromatic heterocycles. The van der Waals surface area contributed by atoms with E-state index in [2.05, 4.69) is 0 Å². The van der Waals surface area contributed by atoms with Crippen molar-refractivity contribution in [3.63, 3.8) is 0 Å². The summed E-state index contributed by atoms with van der Waals surface area (Å²) >= 11 is 0. The molecule has 0 saturated carbocycles. The standard InChI is InChI=1S/C22H23F3N2O4/c1-15(31-19-9-7-18(28)8-10-19)20(29)26-11-2-12-27(14-13-26)21(30)16-3-5-17(6-4-16)22(23,24)25/h3-10,15,28H,2,11-14H2,1H3. The predicted octanol–water partition coefficient (Wildman–Crippen LogP) is 3.55. The van der Waals surface area contributed by atoms with Gasteiger partial charge in [0.1, 0.15) is 11.5 Å². The number of carbonyl (C=O) groups is 2. The van der Waals surface area contributed by atoms with Gasteiger partial charge in [-0.15, -0.1) is 0 Å². The van der Waals surface area contributed by atoms with Crippen LogP contribution in [0.4, 0.5) is 13.2 Å². The molecule has 9 heteroatoms. The lowest BCUT2D eigenvalue weighted by molar-refractivity contribution is -0.138. The van der Waals surface area contributed by atoms with Crippen LogP contribution in [-0.2, 0) is 11.0 Å². The minimum absolute atomic E-state index is 0.0941. The average molecular weight is 436 g/mol. The second-order valence-electron chi connectivity index (χ2n) is 7.30. The second-order valence-corrected chi connectivity index (χ2v) is 7.30. The number of hydrogen-bond donors (Lipinski definition) is 1. The van der Waals surface area contributed by atoms with Crippen molar-refractivity contribution in [2.75, 3.05) is 26.2 Å². The van der Waals surface area contributed by atoms with Crippen molar-refractivity contribution >= 4 is 11.8 Å². The van der Waals surface area contributed by atoms with Crippen LogP contribution in [-0.4, -0.2) is 59.0 Å². The largest absolute Gasteiger partial charge is 0.508 e. The molecular weight excluding hydrogens is 413 g/mol.